The summed E-state index contributed by atoms with van der Waals surface area (Å²) in [5.74, 6) is -0.354. The van der Waals surface area contributed by atoms with Gasteiger partial charge in [-0.15, -0.1) is 10.2 Å². The minimum atomic E-state index is -0.420. The number of carbonyl (C=O) groups is 1. The van der Waals surface area contributed by atoms with E-state index in [1.54, 1.807) is 12.1 Å². The normalized spacial score (nSPS) is 15.1. The molecule has 27 heavy (non-hydrogen) atoms. The Kier molecular flexibility index (Phi) is 4.73. The third-order valence-electron chi connectivity index (χ3n) is 5.15. The van der Waals surface area contributed by atoms with E-state index >= 15 is 0 Å². The fourth-order valence-corrected chi connectivity index (χ4v) is 3.64. The first kappa shape index (κ1) is 17.4. The molecule has 1 fully saturated rings. The summed E-state index contributed by atoms with van der Waals surface area (Å²) in [6.07, 6.45) is 2.43. The van der Waals surface area contributed by atoms with Crippen LogP contribution in [0.2, 0.25) is 0 Å². The molecular formula is C21H23N4O2+. The zero-order valence-corrected chi connectivity index (χ0v) is 15.4. The Morgan fingerprint density at radius 2 is 1.81 bits per heavy atom. The van der Waals surface area contributed by atoms with Crippen molar-refractivity contribution in [3.63, 3.8) is 0 Å². The minimum Gasteiger partial charge on any atom is -0.493 e. The van der Waals surface area contributed by atoms with E-state index in [0.717, 1.165) is 29.6 Å². The van der Waals surface area contributed by atoms with E-state index in [4.69, 9.17) is 0 Å². The first-order chi connectivity index (χ1) is 13.1. The molecule has 6 heteroatoms. The third-order valence-corrected chi connectivity index (χ3v) is 5.15. The molecular weight excluding hydrogens is 340 g/mol. The van der Waals surface area contributed by atoms with E-state index in [0.29, 0.717) is 17.9 Å². The number of carbonyl (C=O) groups excluding carboxylic acids is 1. The first-order valence-electron chi connectivity index (χ1n) is 9.30. The van der Waals surface area contributed by atoms with E-state index in [-0.39, 0.29) is 5.88 Å². The molecule has 0 unspecified atom stereocenters. The topological polar surface area (TPSA) is 71.4 Å². The zero-order valence-electron chi connectivity index (χ0n) is 15.4. The molecule has 0 atom stereocenters. The average molecular weight is 363 g/mol. The van der Waals surface area contributed by atoms with Gasteiger partial charge in [-0.25, -0.2) is 0 Å². The Bertz CT molecular complexity index is 999. The number of nitrogens with zero attached hydrogens (tertiary/aromatic N) is 3. The molecule has 138 valence electrons. The Labute approximate surface area is 157 Å². The summed E-state index contributed by atoms with van der Waals surface area (Å²) < 4.78 is 1.88. The molecule has 0 radical (unpaired) electrons. The zero-order chi connectivity index (χ0) is 18.8. The van der Waals surface area contributed by atoms with Crippen molar-refractivity contribution in [2.75, 3.05) is 13.1 Å². The molecule has 4 rings (SSSR count). The fourth-order valence-electron chi connectivity index (χ4n) is 3.64. The Morgan fingerprint density at radius 3 is 2.56 bits per heavy atom. The number of amides is 1. The van der Waals surface area contributed by atoms with Crippen molar-refractivity contribution in [2.45, 2.75) is 26.4 Å². The molecule has 1 amide bonds. The molecule has 3 aromatic rings. The molecule has 1 aliphatic heterocycles. The summed E-state index contributed by atoms with van der Waals surface area (Å²) in [6.45, 7) is 4.86. The predicted octanol–water partition coefficient (Wildman–Crippen LogP) is 3.22. The number of aromatic nitrogens is 1. The average Bonchev–Trinajstić information content (AvgIpc) is 3.28. The van der Waals surface area contributed by atoms with E-state index < -0.39 is 5.91 Å². The van der Waals surface area contributed by atoms with Crippen LogP contribution in [0.4, 0.5) is 5.69 Å². The molecule has 6 nitrogen and oxygen atoms in total. The van der Waals surface area contributed by atoms with Gasteiger partial charge in [0.25, 0.3) is 5.91 Å². The maximum absolute atomic E-state index is 12.3. The highest BCUT2D eigenvalue weighted by molar-refractivity contribution is 5.97. The van der Waals surface area contributed by atoms with E-state index in [2.05, 4.69) is 10.2 Å². The van der Waals surface area contributed by atoms with Gasteiger partial charge in [0.2, 0.25) is 5.88 Å². The number of hydrogen-bond donors (Lipinski definition) is 2. The summed E-state index contributed by atoms with van der Waals surface area (Å²) in [5, 5.41) is 19.6. The van der Waals surface area contributed by atoms with Gasteiger partial charge in [0, 0.05) is 23.8 Å². The van der Waals surface area contributed by atoms with Gasteiger partial charge < -0.3 is 10.0 Å². The molecule has 1 aromatic heterocycles. The summed E-state index contributed by atoms with van der Waals surface area (Å²) >= 11 is 0. The molecule has 0 spiro atoms. The van der Waals surface area contributed by atoms with Crippen LogP contribution in [0.15, 0.2) is 58.8 Å². The van der Waals surface area contributed by atoms with Gasteiger partial charge >= 0.3 is 0 Å². The Morgan fingerprint density at radius 1 is 1.11 bits per heavy atom. The van der Waals surface area contributed by atoms with Gasteiger partial charge in [0.1, 0.15) is 0 Å². The van der Waals surface area contributed by atoms with Crippen LogP contribution in [0.3, 0.4) is 0 Å². The molecule has 0 saturated carbocycles. The molecule has 0 bridgehead atoms. The van der Waals surface area contributed by atoms with Gasteiger partial charge in [0.05, 0.1) is 18.6 Å². The highest BCUT2D eigenvalue weighted by atomic mass is 16.3. The van der Waals surface area contributed by atoms with Crippen LogP contribution in [0, 0.1) is 6.92 Å². The molecule has 0 aliphatic carbocycles. The van der Waals surface area contributed by atoms with Crippen molar-refractivity contribution < 1.29 is 14.8 Å². The van der Waals surface area contributed by atoms with Gasteiger partial charge in [0.15, 0.2) is 12.4 Å². The van der Waals surface area contributed by atoms with Gasteiger partial charge in [-0.05, 0) is 25.1 Å². The number of azo groups is 1. The number of benzene rings is 2. The summed E-state index contributed by atoms with van der Waals surface area (Å²) in [4.78, 5) is 13.7. The molecule has 1 saturated heterocycles. The lowest BCUT2D eigenvalue weighted by Gasteiger charge is -2.14. The Balaban J connectivity index is 1.67. The van der Waals surface area contributed by atoms with Crippen LogP contribution in [0.1, 0.15) is 28.8 Å². The summed E-state index contributed by atoms with van der Waals surface area (Å²) in [6, 6.07) is 14.9. The number of quaternary nitrogens is 1. The Hall–Kier alpha value is -2.99. The monoisotopic (exact) mass is 363 g/mol. The quantitative estimate of drug-likeness (QED) is 0.699. The second-order valence-corrected chi connectivity index (χ2v) is 7.10. The van der Waals surface area contributed by atoms with Crippen molar-refractivity contribution in [1.82, 2.24) is 4.57 Å². The van der Waals surface area contributed by atoms with Crippen LogP contribution in [-0.2, 0) is 6.67 Å². The third kappa shape index (κ3) is 3.48. The maximum Gasteiger partial charge on any atom is 0.295 e. The maximum atomic E-state index is 12.3. The second-order valence-electron chi connectivity index (χ2n) is 7.10. The van der Waals surface area contributed by atoms with E-state index in [9.17, 15) is 9.90 Å². The highest BCUT2D eigenvalue weighted by Gasteiger charge is 2.22. The second kappa shape index (κ2) is 7.32. The van der Waals surface area contributed by atoms with Gasteiger partial charge in [-0.3, -0.25) is 9.36 Å². The lowest BCUT2D eigenvalue weighted by Crippen LogP contribution is -3.09. The van der Waals surface area contributed by atoms with Gasteiger partial charge in [-0.2, -0.15) is 0 Å². The molecule has 2 aromatic carbocycles. The lowest BCUT2D eigenvalue weighted by molar-refractivity contribution is -0.910. The molecule has 2 heterocycles. The van der Waals surface area contributed by atoms with Crippen molar-refractivity contribution in [2.24, 2.45) is 10.2 Å². The smallest absolute Gasteiger partial charge is 0.295 e. The van der Waals surface area contributed by atoms with Crippen LogP contribution >= 0.6 is 0 Å². The SMILES string of the molecule is Cc1ccc(C(=O)N=Nc2c(O)n(C[NH+]3CCCC3)c3ccccc23)cc1. The van der Waals surface area contributed by atoms with Crippen LogP contribution in [0.25, 0.3) is 10.9 Å². The fraction of sp³-hybridized carbons (Fsp3) is 0.286. The first-order valence-corrected chi connectivity index (χ1v) is 9.30. The highest BCUT2D eigenvalue weighted by Crippen LogP contribution is 2.38. The standard InChI is InChI=1S/C21H22N4O2/c1-15-8-10-16(11-9-15)20(26)23-22-19-17-6-2-3-7-18(17)25(21(19)27)14-24-12-4-5-13-24/h2-3,6-11,27H,4-5,12-14H2,1H3/p+1. The predicted molar refractivity (Wildman–Crippen MR) is 104 cm³/mol. The number of aryl methyl sites for hydroxylation is 1. The van der Waals surface area contributed by atoms with Crippen LogP contribution < -0.4 is 4.90 Å². The minimum absolute atomic E-state index is 0.0658. The van der Waals surface area contributed by atoms with Crippen molar-refractivity contribution in [3.8, 4) is 5.88 Å². The number of aromatic hydroxyl groups is 1. The lowest BCUT2D eigenvalue weighted by atomic mass is 10.1. The number of hydrogen-bond acceptors (Lipinski definition) is 3. The van der Waals surface area contributed by atoms with Crippen molar-refractivity contribution in [1.29, 1.82) is 0 Å². The van der Waals surface area contributed by atoms with Crippen LogP contribution in [-0.4, -0.2) is 28.7 Å². The number of likely N-dealkylation sites (tertiary alicyclic amines) is 1. The summed E-state index contributed by atoms with van der Waals surface area (Å²) in [7, 11) is 0. The molecule has 1 aliphatic rings. The van der Waals surface area contributed by atoms with Gasteiger partial charge in [-0.1, -0.05) is 35.9 Å². The van der Waals surface area contributed by atoms with Crippen molar-refractivity contribution in [3.05, 3.63) is 59.7 Å². The number of para-hydroxylation sites is 1. The van der Waals surface area contributed by atoms with E-state index in [1.807, 2.05) is 47.9 Å². The number of nitrogens with one attached hydrogen (secondary N) is 1. The van der Waals surface area contributed by atoms with E-state index in [1.165, 1.54) is 17.7 Å². The largest absolute Gasteiger partial charge is 0.493 e. The van der Waals surface area contributed by atoms with Crippen LogP contribution in [0.5, 0.6) is 5.88 Å². The number of fused-ring (bicyclic) bond motifs is 1. The number of rotatable bonds is 4. The van der Waals surface area contributed by atoms with Crippen molar-refractivity contribution >= 4 is 22.5 Å². The summed E-state index contributed by atoms with van der Waals surface area (Å²) in [5.41, 5.74) is 2.82. The molecule has 2 N–H and O–H groups in total.